The minimum atomic E-state index is -0.304. The quantitative estimate of drug-likeness (QED) is 0.348. The van der Waals surface area contributed by atoms with Crippen molar-refractivity contribution in [1.29, 1.82) is 0 Å². The zero-order valence-electron chi connectivity index (χ0n) is 23.9. The van der Waals surface area contributed by atoms with Gasteiger partial charge in [-0.15, -0.1) is 0 Å². The largest absolute Gasteiger partial charge is 0.497 e. The first-order valence-corrected chi connectivity index (χ1v) is 14.1. The number of aromatic amines is 1. The van der Waals surface area contributed by atoms with E-state index in [2.05, 4.69) is 28.9 Å². The number of H-pyrrole nitrogens is 1. The van der Waals surface area contributed by atoms with Crippen LogP contribution in [-0.2, 0) is 4.74 Å². The number of benzene rings is 2. The maximum Gasteiger partial charge on any atom is 0.273 e. The Morgan fingerprint density at radius 1 is 1.02 bits per heavy atom. The average molecular weight is 549 g/mol. The van der Waals surface area contributed by atoms with E-state index < -0.39 is 0 Å². The Hall–Kier alpha value is -3.56. The number of nitrogens with zero attached hydrogens (tertiary/aromatic N) is 3. The maximum absolute atomic E-state index is 13.8. The second-order valence-corrected chi connectivity index (χ2v) is 10.7. The first-order valence-electron chi connectivity index (χ1n) is 14.1. The number of hydrogen-bond donors (Lipinski definition) is 1. The normalized spacial score (nSPS) is 17.4. The average Bonchev–Trinajstić information content (AvgIpc) is 3.52. The molecule has 40 heavy (non-hydrogen) atoms. The molecule has 0 spiro atoms. The summed E-state index contributed by atoms with van der Waals surface area (Å²) in [4.78, 5) is 18.1. The summed E-state index contributed by atoms with van der Waals surface area (Å²) in [5.41, 5.74) is 4.08. The van der Waals surface area contributed by atoms with Crippen LogP contribution in [0.1, 0.15) is 54.3 Å². The van der Waals surface area contributed by atoms with Crippen LogP contribution in [0.3, 0.4) is 0 Å². The summed E-state index contributed by atoms with van der Waals surface area (Å²) < 4.78 is 22.6. The minimum absolute atomic E-state index is 0.0366. The molecule has 0 bridgehead atoms. The van der Waals surface area contributed by atoms with E-state index in [0.717, 1.165) is 73.8 Å². The van der Waals surface area contributed by atoms with Gasteiger partial charge in [0.05, 0.1) is 45.8 Å². The molecule has 1 aromatic heterocycles. The lowest BCUT2D eigenvalue weighted by Crippen LogP contribution is -2.38. The summed E-state index contributed by atoms with van der Waals surface area (Å²) >= 11 is 0. The van der Waals surface area contributed by atoms with Crippen molar-refractivity contribution in [3.63, 3.8) is 0 Å². The molecule has 1 saturated heterocycles. The Morgan fingerprint density at radius 3 is 2.50 bits per heavy atom. The van der Waals surface area contributed by atoms with Crippen LogP contribution < -0.4 is 14.2 Å². The second-order valence-electron chi connectivity index (χ2n) is 10.7. The molecule has 0 saturated carbocycles. The molecule has 1 fully saturated rings. The zero-order valence-corrected chi connectivity index (χ0v) is 23.9. The molecule has 2 aliphatic rings. The molecule has 3 aromatic rings. The van der Waals surface area contributed by atoms with Crippen LogP contribution in [-0.4, -0.2) is 86.1 Å². The van der Waals surface area contributed by atoms with Crippen LogP contribution in [0.15, 0.2) is 42.5 Å². The molecule has 5 rings (SSSR count). The summed E-state index contributed by atoms with van der Waals surface area (Å²) in [5, 5.41) is 7.66. The number of aromatic nitrogens is 2. The van der Waals surface area contributed by atoms with E-state index in [-0.39, 0.29) is 11.9 Å². The standard InChI is InChI=1S/C31H40N4O5/c1-21(2)12-17-40-25-11-8-23(20-26(25)38-4)30-27-28(22-6-9-24(37-3)10-7-22)32-33-29(27)31(36)35(30)14-5-13-34-15-18-39-19-16-34/h6-11,20-21,30H,5,12-19H2,1-4H3,(H,32,33). The van der Waals surface area contributed by atoms with Crippen molar-refractivity contribution in [2.45, 2.75) is 32.7 Å². The van der Waals surface area contributed by atoms with Crippen LogP contribution in [0.25, 0.3) is 11.3 Å². The van der Waals surface area contributed by atoms with Crippen LogP contribution >= 0.6 is 0 Å². The number of carbonyl (C=O) groups is 1. The van der Waals surface area contributed by atoms with Crippen molar-refractivity contribution in [2.24, 2.45) is 5.92 Å². The monoisotopic (exact) mass is 548 g/mol. The maximum atomic E-state index is 13.8. The van der Waals surface area contributed by atoms with Crippen molar-refractivity contribution in [3.8, 4) is 28.5 Å². The van der Waals surface area contributed by atoms with Gasteiger partial charge in [0.2, 0.25) is 0 Å². The van der Waals surface area contributed by atoms with E-state index in [1.165, 1.54) is 0 Å². The lowest BCUT2D eigenvalue weighted by molar-refractivity contribution is 0.0354. The predicted molar refractivity (Wildman–Crippen MR) is 153 cm³/mol. The molecule has 2 aromatic carbocycles. The van der Waals surface area contributed by atoms with Crippen LogP contribution in [0.4, 0.5) is 0 Å². The van der Waals surface area contributed by atoms with Crippen molar-refractivity contribution >= 4 is 5.91 Å². The Balaban J connectivity index is 1.47. The van der Waals surface area contributed by atoms with Gasteiger partial charge in [0.15, 0.2) is 11.5 Å². The first kappa shape index (κ1) is 28.0. The second kappa shape index (κ2) is 12.7. The molecular formula is C31H40N4O5. The van der Waals surface area contributed by atoms with Crippen LogP contribution in [0.2, 0.25) is 0 Å². The van der Waals surface area contributed by atoms with Crippen molar-refractivity contribution in [3.05, 3.63) is 59.3 Å². The number of methoxy groups -OCH3 is 2. The summed E-state index contributed by atoms with van der Waals surface area (Å²) in [7, 11) is 3.30. The van der Waals surface area contributed by atoms with Gasteiger partial charge in [-0.3, -0.25) is 14.8 Å². The lowest BCUT2D eigenvalue weighted by atomic mass is 9.95. The summed E-state index contributed by atoms with van der Waals surface area (Å²) in [6.45, 7) is 9.90. The number of ether oxygens (including phenoxy) is 4. The molecule has 1 N–H and O–H groups in total. The molecule has 2 aliphatic heterocycles. The molecule has 0 radical (unpaired) electrons. The van der Waals surface area contributed by atoms with Gasteiger partial charge in [0.25, 0.3) is 5.91 Å². The fourth-order valence-corrected chi connectivity index (χ4v) is 5.41. The SMILES string of the molecule is COc1ccc(-c2n[nH]c3c2C(c2ccc(OCCC(C)C)c(OC)c2)N(CCCN2CCOCC2)C3=O)cc1. The number of nitrogens with one attached hydrogen (secondary N) is 1. The molecule has 9 nitrogen and oxygen atoms in total. The number of fused-ring (bicyclic) bond motifs is 1. The third-order valence-electron chi connectivity index (χ3n) is 7.66. The van der Waals surface area contributed by atoms with Gasteiger partial charge >= 0.3 is 0 Å². The highest BCUT2D eigenvalue weighted by Crippen LogP contribution is 2.44. The van der Waals surface area contributed by atoms with Crippen molar-refractivity contribution in [1.82, 2.24) is 20.0 Å². The molecule has 3 heterocycles. The number of morpholine rings is 1. The van der Waals surface area contributed by atoms with E-state index in [9.17, 15) is 4.79 Å². The highest BCUT2D eigenvalue weighted by Gasteiger charge is 2.42. The Kier molecular flexibility index (Phi) is 8.91. The first-order chi connectivity index (χ1) is 19.5. The molecule has 0 aliphatic carbocycles. The van der Waals surface area contributed by atoms with Gasteiger partial charge in [-0.1, -0.05) is 19.9 Å². The topological polar surface area (TPSA) is 89.2 Å². The van der Waals surface area contributed by atoms with Gasteiger partial charge in [-0.25, -0.2) is 0 Å². The Morgan fingerprint density at radius 2 is 1.80 bits per heavy atom. The summed E-state index contributed by atoms with van der Waals surface area (Å²) in [5.74, 6) is 2.65. The van der Waals surface area contributed by atoms with Gasteiger partial charge in [0.1, 0.15) is 11.4 Å². The van der Waals surface area contributed by atoms with E-state index in [0.29, 0.717) is 36.3 Å². The predicted octanol–water partition coefficient (Wildman–Crippen LogP) is 4.79. The number of hydrogen-bond acceptors (Lipinski definition) is 7. The number of amides is 1. The Labute approximate surface area is 236 Å². The van der Waals surface area contributed by atoms with Crippen molar-refractivity contribution < 1.29 is 23.7 Å². The van der Waals surface area contributed by atoms with E-state index in [4.69, 9.17) is 18.9 Å². The van der Waals surface area contributed by atoms with Crippen LogP contribution in [0.5, 0.6) is 17.2 Å². The lowest BCUT2D eigenvalue weighted by Gasteiger charge is -2.30. The summed E-state index contributed by atoms with van der Waals surface area (Å²) in [6, 6.07) is 13.5. The third kappa shape index (κ3) is 5.95. The zero-order chi connectivity index (χ0) is 28.1. The fraction of sp³-hybridized carbons (Fsp3) is 0.484. The van der Waals surface area contributed by atoms with E-state index in [1.54, 1.807) is 14.2 Å². The smallest absolute Gasteiger partial charge is 0.273 e. The Bertz CT molecular complexity index is 1280. The highest BCUT2D eigenvalue weighted by molar-refractivity contribution is 6.00. The molecule has 1 atom stereocenters. The highest BCUT2D eigenvalue weighted by atomic mass is 16.5. The van der Waals surface area contributed by atoms with Gasteiger partial charge in [0, 0.05) is 37.3 Å². The molecule has 1 amide bonds. The van der Waals surface area contributed by atoms with E-state index in [1.807, 2.05) is 47.4 Å². The minimum Gasteiger partial charge on any atom is -0.497 e. The van der Waals surface area contributed by atoms with Crippen molar-refractivity contribution in [2.75, 3.05) is 60.2 Å². The third-order valence-corrected chi connectivity index (χ3v) is 7.66. The van der Waals surface area contributed by atoms with Crippen LogP contribution in [0, 0.1) is 5.92 Å². The van der Waals surface area contributed by atoms with Gasteiger partial charge in [-0.05, 0) is 60.7 Å². The molecule has 214 valence electrons. The van der Waals surface area contributed by atoms with Gasteiger partial charge in [-0.2, -0.15) is 5.10 Å². The molecular weight excluding hydrogens is 508 g/mol. The van der Waals surface area contributed by atoms with E-state index >= 15 is 0 Å². The number of carbonyl (C=O) groups excluding carboxylic acids is 1. The molecule has 9 heteroatoms. The summed E-state index contributed by atoms with van der Waals surface area (Å²) in [6.07, 6.45) is 1.83. The van der Waals surface area contributed by atoms with Gasteiger partial charge < -0.3 is 23.8 Å². The molecule has 1 unspecified atom stereocenters. The number of rotatable bonds is 12. The fourth-order valence-electron chi connectivity index (χ4n) is 5.41.